The maximum Gasteiger partial charge on any atom is 0.341 e. The minimum atomic E-state index is -1.99. The van der Waals surface area contributed by atoms with Gasteiger partial charge in [0.05, 0.1) is 19.2 Å². The molecule has 0 bridgehead atoms. The van der Waals surface area contributed by atoms with Crippen LogP contribution in [-0.2, 0) is 9.53 Å². The molecule has 3 N–H and O–H groups in total. The third-order valence-corrected chi connectivity index (χ3v) is 4.93. The lowest BCUT2D eigenvalue weighted by Crippen LogP contribution is -2.53. The summed E-state index contributed by atoms with van der Waals surface area (Å²) in [5, 5.41) is 42.4. The molecule has 5 atom stereocenters. The van der Waals surface area contributed by atoms with E-state index in [2.05, 4.69) is 0 Å². The van der Waals surface area contributed by atoms with E-state index in [0.29, 0.717) is 18.5 Å². The molecule has 2 aliphatic heterocycles. The molecule has 0 spiro atoms. The second-order valence-corrected chi connectivity index (χ2v) is 6.67. The van der Waals surface area contributed by atoms with Crippen molar-refractivity contribution in [1.29, 1.82) is 0 Å². The summed E-state index contributed by atoms with van der Waals surface area (Å²) in [5.74, 6) is -1.44. The first kappa shape index (κ1) is 17.4. The monoisotopic (exact) mass is 315 g/mol. The van der Waals surface area contributed by atoms with Gasteiger partial charge in [0.15, 0.2) is 5.60 Å². The number of aliphatic hydroxyl groups is 3. The van der Waals surface area contributed by atoms with Crippen LogP contribution in [0.1, 0.15) is 27.2 Å². The lowest BCUT2D eigenvalue weighted by atomic mass is 9.85. The molecule has 22 heavy (non-hydrogen) atoms. The predicted molar refractivity (Wildman–Crippen MR) is 78.3 cm³/mol. The lowest BCUT2D eigenvalue weighted by Gasteiger charge is -2.40. The number of aliphatic hydroxyl groups excluding tert-OH is 2. The second-order valence-electron chi connectivity index (χ2n) is 6.67. The molecule has 0 aliphatic carbocycles. The maximum absolute atomic E-state index is 12.4. The van der Waals surface area contributed by atoms with Crippen molar-refractivity contribution >= 4 is 5.97 Å². The Morgan fingerprint density at radius 3 is 2.73 bits per heavy atom. The summed E-state index contributed by atoms with van der Waals surface area (Å²) in [4.78, 5) is 12.2. The molecule has 1 saturated heterocycles. The second kappa shape index (κ2) is 5.90. The van der Waals surface area contributed by atoms with E-state index >= 15 is 0 Å². The van der Waals surface area contributed by atoms with Crippen LogP contribution in [0.2, 0.25) is 0 Å². The Bertz CT molecular complexity index is 467. The Morgan fingerprint density at radius 2 is 2.18 bits per heavy atom. The SMILES string of the molecule is CC(C)[C@@](O)(C(=O)OCC1=CC[N+]2([O-])CC[C@H](O)[C@@H]12)[C@H](C)O. The zero-order valence-electron chi connectivity index (χ0n) is 13.2. The first-order valence-corrected chi connectivity index (χ1v) is 7.65. The Hall–Kier alpha value is -0.990. The van der Waals surface area contributed by atoms with Gasteiger partial charge in [-0.2, -0.15) is 0 Å². The van der Waals surface area contributed by atoms with Crippen LogP contribution in [0.15, 0.2) is 11.6 Å². The topological polar surface area (TPSA) is 110 Å². The molecule has 2 aliphatic rings. The van der Waals surface area contributed by atoms with Gasteiger partial charge in [0.2, 0.25) is 0 Å². The fourth-order valence-corrected chi connectivity index (χ4v) is 3.41. The molecule has 0 aromatic carbocycles. The van der Waals surface area contributed by atoms with Crippen LogP contribution in [0.3, 0.4) is 0 Å². The molecule has 2 rings (SSSR count). The standard InChI is InChI=1S/C15H25NO6/c1-9(2)15(20,10(3)17)14(19)22-8-11-4-6-16(21)7-5-12(18)13(11)16/h4,9-10,12-13,17-18,20H,5-8H2,1-3H3/t10-,12-,13+,15-,16?/m0/s1. The number of rotatable bonds is 5. The summed E-state index contributed by atoms with van der Waals surface area (Å²) in [6.45, 7) is 5.02. The van der Waals surface area contributed by atoms with E-state index in [1.54, 1.807) is 19.9 Å². The van der Waals surface area contributed by atoms with Crippen molar-refractivity contribution in [3.63, 3.8) is 0 Å². The number of hydroxylamine groups is 3. The first-order valence-electron chi connectivity index (χ1n) is 7.65. The number of carbonyl (C=O) groups excluding carboxylic acids is 1. The highest BCUT2D eigenvalue weighted by molar-refractivity contribution is 5.80. The minimum Gasteiger partial charge on any atom is -0.632 e. The van der Waals surface area contributed by atoms with E-state index in [-0.39, 0.29) is 13.2 Å². The fraction of sp³-hybridized carbons (Fsp3) is 0.800. The fourth-order valence-electron chi connectivity index (χ4n) is 3.41. The number of quaternary nitrogens is 1. The minimum absolute atomic E-state index is 0.148. The van der Waals surface area contributed by atoms with Crippen LogP contribution >= 0.6 is 0 Å². The average Bonchev–Trinajstić information content (AvgIpc) is 2.92. The summed E-state index contributed by atoms with van der Waals surface area (Å²) in [6, 6.07) is -0.591. The molecule has 7 nitrogen and oxygen atoms in total. The zero-order chi connectivity index (χ0) is 16.7. The molecule has 0 aromatic heterocycles. The number of nitrogens with zero attached hydrogens (tertiary/aromatic N) is 1. The number of ether oxygens (including phenoxy) is 1. The van der Waals surface area contributed by atoms with Gasteiger partial charge in [-0.15, -0.1) is 0 Å². The number of carbonyl (C=O) groups is 1. The summed E-state index contributed by atoms with van der Waals surface area (Å²) in [6.07, 6.45) is 0.127. The molecular formula is C15H25NO6. The van der Waals surface area contributed by atoms with Crippen LogP contribution in [0, 0.1) is 11.1 Å². The molecule has 2 heterocycles. The Balaban J connectivity index is 2.03. The summed E-state index contributed by atoms with van der Waals surface area (Å²) >= 11 is 0. The van der Waals surface area contributed by atoms with Gasteiger partial charge in [0, 0.05) is 12.0 Å². The third-order valence-electron chi connectivity index (χ3n) is 4.93. The van der Waals surface area contributed by atoms with Gasteiger partial charge in [0.25, 0.3) is 0 Å². The van der Waals surface area contributed by atoms with Gasteiger partial charge in [-0.1, -0.05) is 13.8 Å². The van der Waals surface area contributed by atoms with Crippen molar-refractivity contribution < 1.29 is 29.5 Å². The van der Waals surface area contributed by atoms with Crippen molar-refractivity contribution in [2.75, 3.05) is 19.7 Å². The normalized spacial score (nSPS) is 35.0. The van der Waals surface area contributed by atoms with Crippen molar-refractivity contribution in [2.45, 2.75) is 51.0 Å². The molecule has 1 unspecified atom stereocenters. The van der Waals surface area contributed by atoms with Gasteiger partial charge in [-0.3, -0.25) is 0 Å². The average molecular weight is 315 g/mol. The molecule has 0 amide bonds. The number of fused-ring (bicyclic) bond motifs is 1. The van der Waals surface area contributed by atoms with Crippen molar-refractivity contribution in [1.82, 2.24) is 0 Å². The van der Waals surface area contributed by atoms with Gasteiger partial charge in [-0.05, 0) is 18.9 Å². The highest BCUT2D eigenvalue weighted by Crippen LogP contribution is 2.36. The Morgan fingerprint density at radius 1 is 1.55 bits per heavy atom. The Kier molecular flexibility index (Phi) is 4.66. The zero-order valence-corrected chi connectivity index (χ0v) is 13.2. The molecular weight excluding hydrogens is 290 g/mol. The lowest BCUT2D eigenvalue weighted by molar-refractivity contribution is -0.877. The molecule has 7 heteroatoms. The van der Waals surface area contributed by atoms with Crippen molar-refractivity contribution in [3.8, 4) is 0 Å². The van der Waals surface area contributed by atoms with E-state index in [0.717, 1.165) is 0 Å². The van der Waals surface area contributed by atoms with E-state index < -0.39 is 40.4 Å². The van der Waals surface area contributed by atoms with Gasteiger partial charge < -0.3 is 29.9 Å². The van der Waals surface area contributed by atoms with Crippen LogP contribution in [0.4, 0.5) is 0 Å². The highest BCUT2D eigenvalue weighted by atomic mass is 16.6. The largest absolute Gasteiger partial charge is 0.632 e. The number of hydrogen-bond donors (Lipinski definition) is 3. The number of esters is 1. The predicted octanol–water partition coefficient (Wildman–Crippen LogP) is -0.315. The van der Waals surface area contributed by atoms with Gasteiger partial charge >= 0.3 is 5.97 Å². The van der Waals surface area contributed by atoms with Crippen LogP contribution in [-0.4, -0.2) is 69.5 Å². The highest BCUT2D eigenvalue weighted by Gasteiger charge is 2.49. The van der Waals surface area contributed by atoms with Crippen molar-refractivity contribution in [3.05, 3.63) is 16.9 Å². The van der Waals surface area contributed by atoms with Crippen LogP contribution < -0.4 is 0 Å². The summed E-state index contributed by atoms with van der Waals surface area (Å²) in [7, 11) is 0. The first-order chi connectivity index (χ1) is 10.1. The molecule has 126 valence electrons. The van der Waals surface area contributed by atoms with E-state index in [9.17, 15) is 25.3 Å². The smallest absolute Gasteiger partial charge is 0.341 e. The summed E-state index contributed by atoms with van der Waals surface area (Å²) in [5.41, 5.74) is -1.40. The molecule has 0 radical (unpaired) electrons. The quantitative estimate of drug-likeness (QED) is 0.278. The van der Waals surface area contributed by atoms with Gasteiger partial charge in [0.1, 0.15) is 18.8 Å². The summed E-state index contributed by atoms with van der Waals surface area (Å²) < 4.78 is 4.64. The van der Waals surface area contributed by atoms with Crippen LogP contribution in [0.25, 0.3) is 0 Å². The van der Waals surface area contributed by atoms with E-state index in [1.165, 1.54) is 6.92 Å². The van der Waals surface area contributed by atoms with Crippen LogP contribution in [0.5, 0.6) is 0 Å². The molecule has 0 aromatic rings. The third kappa shape index (κ3) is 2.68. The van der Waals surface area contributed by atoms with Crippen molar-refractivity contribution in [2.24, 2.45) is 5.92 Å². The van der Waals surface area contributed by atoms with E-state index in [4.69, 9.17) is 4.74 Å². The number of hydrogen-bond acceptors (Lipinski definition) is 6. The van der Waals surface area contributed by atoms with Gasteiger partial charge in [-0.25, -0.2) is 4.79 Å². The Labute approximate surface area is 130 Å². The van der Waals surface area contributed by atoms with E-state index in [1.807, 2.05) is 0 Å². The molecule has 0 saturated carbocycles. The maximum atomic E-state index is 12.4. The molecule has 1 fully saturated rings.